The Labute approximate surface area is 71.6 Å². The van der Waals surface area contributed by atoms with Crippen LogP contribution in [-0.4, -0.2) is 20.1 Å². The summed E-state index contributed by atoms with van der Waals surface area (Å²) in [5.74, 6) is 0. The zero-order valence-corrected chi connectivity index (χ0v) is 7.58. The molecule has 0 radical (unpaired) electrons. The van der Waals surface area contributed by atoms with Crippen molar-refractivity contribution >= 4 is 11.3 Å². The van der Waals surface area contributed by atoms with Gasteiger partial charge in [-0.1, -0.05) is 6.07 Å². The highest BCUT2D eigenvalue weighted by atomic mass is 32.1. The summed E-state index contributed by atoms with van der Waals surface area (Å²) in [6, 6.07) is 4.23. The molecule has 0 bridgehead atoms. The van der Waals surface area contributed by atoms with Crippen LogP contribution in [0, 0.1) is 0 Å². The molecule has 1 aromatic rings. The van der Waals surface area contributed by atoms with Gasteiger partial charge in [-0.05, 0) is 18.5 Å². The molecule has 1 aromatic heterocycles. The van der Waals surface area contributed by atoms with Gasteiger partial charge in [-0.2, -0.15) is 0 Å². The highest BCUT2D eigenvalue weighted by Gasteiger charge is 1.90. The van der Waals surface area contributed by atoms with Crippen molar-refractivity contribution in [1.29, 1.82) is 0 Å². The summed E-state index contributed by atoms with van der Waals surface area (Å²) in [6.45, 7) is 3.07. The molecule has 0 spiro atoms. The average molecular weight is 170 g/mol. The van der Waals surface area contributed by atoms with Crippen molar-refractivity contribution in [2.24, 2.45) is 0 Å². The molecule has 2 N–H and O–H groups in total. The highest BCUT2D eigenvalue weighted by molar-refractivity contribution is 7.09. The first-order valence-electron chi connectivity index (χ1n) is 3.81. The smallest absolute Gasteiger partial charge is 0.0300 e. The molecule has 3 heteroatoms. The fourth-order valence-electron chi connectivity index (χ4n) is 0.838. The topological polar surface area (TPSA) is 24.1 Å². The quantitative estimate of drug-likeness (QED) is 0.646. The third kappa shape index (κ3) is 3.51. The maximum atomic E-state index is 3.34. The van der Waals surface area contributed by atoms with E-state index in [0.717, 1.165) is 19.6 Å². The Morgan fingerprint density at radius 1 is 1.45 bits per heavy atom. The molecule has 0 aliphatic carbocycles. The summed E-state index contributed by atoms with van der Waals surface area (Å²) >= 11 is 1.80. The summed E-state index contributed by atoms with van der Waals surface area (Å²) < 4.78 is 0. The third-order valence-electron chi connectivity index (χ3n) is 1.43. The Morgan fingerprint density at radius 3 is 3.00 bits per heavy atom. The number of likely N-dealkylation sites (N-methyl/N-ethyl adjacent to an activating group) is 1. The molecular formula is C8H14N2S. The summed E-state index contributed by atoms with van der Waals surface area (Å²) in [5.41, 5.74) is 0. The molecule has 0 aliphatic rings. The van der Waals surface area contributed by atoms with Gasteiger partial charge >= 0.3 is 0 Å². The van der Waals surface area contributed by atoms with Crippen LogP contribution in [0.1, 0.15) is 4.88 Å². The van der Waals surface area contributed by atoms with Crippen LogP contribution in [-0.2, 0) is 6.54 Å². The van der Waals surface area contributed by atoms with Crippen molar-refractivity contribution in [2.75, 3.05) is 20.1 Å². The Balaban J connectivity index is 2.04. The van der Waals surface area contributed by atoms with Gasteiger partial charge < -0.3 is 10.6 Å². The Kier molecular flexibility index (Phi) is 4.19. The second kappa shape index (κ2) is 5.29. The zero-order valence-electron chi connectivity index (χ0n) is 6.76. The third-order valence-corrected chi connectivity index (χ3v) is 2.31. The number of nitrogens with one attached hydrogen (secondary N) is 2. The lowest BCUT2D eigenvalue weighted by Crippen LogP contribution is -2.24. The number of hydrogen-bond donors (Lipinski definition) is 2. The van der Waals surface area contributed by atoms with Gasteiger partial charge in [0.1, 0.15) is 0 Å². The standard InChI is InChI=1S/C8H14N2S/c1-9-4-5-10-7-8-3-2-6-11-8/h2-3,6,9-10H,4-5,7H2,1H3. The van der Waals surface area contributed by atoms with Gasteiger partial charge in [0, 0.05) is 24.5 Å². The lowest BCUT2D eigenvalue weighted by molar-refractivity contribution is 0.655. The summed E-state index contributed by atoms with van der Waals surface area (Å²) in [6.07, 6.45) is 0. The molecule has 0 unspecified atom stereocenters. The number of rotatable bonds is 5. The Morgan fingerprint density at radius 2 is 2.36 bits per heavy atom. The van der Waals surface area contributed by atoms with Gasteiger partial charge in [-0.25, -0.2) is 0 Å². The van der Waals surface area contributed by atoms with Crippen LogP contribution >= 0.6 is 11.3 Å². The molecule has 0 atom stereocenters. The van der Waals surface area contributed by atoms with E-state index >= 15 is 0 Å². The van der Waals surface area contributed by atoms with Crippen LogP contribution in [0.15, 0.2) is 17.5 Å². The Hall–Kier alpha value is -0.380. The van der Waals surface area contributed by atoms with Gasteiger partial charge in [0.15, 0.2) is 0 Å². The van der Waals surface area contributed by atoms with E-state index in [4.69, 9.17) is 0 Å². The first-order chi connectivity index (χ1) is 5.43. The molecular weight excluding hydrogens is 156 g/mol. The number of hydrogen-bond acceptors (Lipinski definition) is 3. The summed E-state index contributed by atoms with van der Waals surface area (Å²) in [7, 11) is 1.97. The molecule has 1 rings (SSSR count). The molecule has 0 saturated carbocycles. The Bertz CT molecular complexity index is 172. The maximum absolute atomic E-state index is 3.34. The molecule has 62 valence electrons. The van der Waals surface area contributed by atoms with E-state index in [1.165, 1.54) is 4.88 Å². The van der Waals surface area contributed by atoms with Crippen LogP contribution < -0.4 is 10.6 Å². The van der Waals surface area contributed by atoms with Crippen molar-refractivity contribution < 1.29 is 0 Å². The molecule has 0 amide bonds. The van der Waals surface area contributed by atoms with Crippen molar-refractivity contribution in [3.63, 3.8) is 0 Å². The zero-order chi connectivity index (χ0) is 7.94. The maximum Gasteiger partial charge on any atom is 0.0300 e. The van der Waals surface area contributed by atoms with Gasteiger partial charge in [-0.3, -0.25) is 0 Å². The minimum absolute atomic E-state index is 0.999. The highest BCUT2D eigenvalue weighted by Crippen LogP contribution is 2.06. The van der Waals surface area contributed by atoms with Gasteiger partial charge in [0.05, 0.1) is 0 Å². The molecule has 0 fully saturated rings. The second-order valence-corrected chi connectivity index (χ2v) is 3.39. The van der Waals surface area contributed by atoms with Crippen LogP contribution in [0.25, 0.3) is 0 Å². The molecule has 0 aromatic carbocycles. The van der Waals surface area contributed by atoms with E-state index in [-0.39, 0.29) is 0 Å². The van der Waals surface area contributed by atoms with Gasteiger partial charge in [0.2, 0.25) is 0 Å². The molecule has 2 nitrogen and oxygen atoms in total. The first kappa shape index (κ1) is 8.71. The SMILES string of the molecule is CNCCNCc1cccs1. The molecule has 0 saturated heterocycles. The lowest BCUT2D eigenvalue weighted by Gasteiger charge is -2.00. The van der Waals surface area contributed by atoms with Crippen LogP contribution in [0.3, 0.4) is 0 Å². The fourth-order valence-corrected chi connectivity index (χ4v) is 1.51. The minimum atomic E-state index is 0.999. The number of thiophene rings is 1. The van der Waals surface area contributed by atoms with Crippen molar-refractivity contribution in [1.82, 2.24) is 10.6 Å². The van der Waals surface area contributed by atoms with Crippen LogP contribution in [0.4, 0.5) is 0 Å². The second-order valence-electron chi connectivity index (χ2n) is 2.36. The van der Waals surface area contributed by atoms with E-state index in [1.807, 2.05) is 7.05 Å². The average Bonchev–Trinajstić information content (AvgIpc) is 2.50. The van der Waals surface area contributed by atoms with Gasteiger partial charge in [-0.15, -0.1) is 11.3 Å². The van der Waals surface area contributed by atoms with E-state index in [0.29, 0.717) is 0 Å². The van der Waals surface area contributed by atoms with Gasteiger partial charge in [0.25, 0.3) is 0 Å². The van der Waals surface area contributed by atoms with Crippen molar-refractivity contribution in [2.45, 2.75) is 6.54 Å². The van der Waals surface area contributed by atoms with Crippen LogP contribution in [0.5, 0.6) is 0 Å². The summed E-state index contributed by atoms with van der Waals surface area (Å²) in [5, 5.41) is 8.53. The van der Waals surface area contributed by atoms with Crippen LogP contribution in [0.2, 0.25) is 0 Å². The predicted molar refractivity (Wildman–Crippen MR) is 50.0 cm³/mol. The van der Waals surface area contributed by atoms with E-state index < -0.39 is 0 Å². The first-order valence-corrected chi connectivity index (χ1v) is 4.69. The normalized spacial score (nSPS) is 10.3. The summed E-state index contributed by atoms with van der Waals surface area (Å²) in [4.78, 5) is 1.40. The predicted octanol–water partition coefficient (Wildman–Crippen LogP) is 1.06. The molecule has 11 heavy (non-hydrogen) atoms. The van der Waals surface area contributed by atoms with E-state index in [1.54, 1.807) is 11.3 Å². The monoisotopic (exact) mass is 170 g/mol. The minimum Gasteiger partial charge on any atom is -0.318 e. The fraction of sp³-hybridized carbons (Fsp3) is 0.500. The van der Waals surface area contributed by atoms with Crippen molar-refractivity contribution in [3.8, 4) is 0 Å². The molecule has 1 heterocycles. The van der Waals surface area contributed by atoms with E-state index in [9.17, 15) is 0 Å². The van der Waals surface area contributed by atoms with E-state index in [2.05, 4.69) is 28.1 Å². The molecule has 0 aliphatic heterocycles. The largest absolute Gasteiger partial charge is 0.318 e. The van der Waals surface area contributed by atoms with Crippen molar-refractivity contribution in [3.05, 3.63) is 22.4 Å². The lowest BCUT2D eigenvalue weighted by atomic mass is 10.4.